The van der Waals surface area contributed by atoms with Crippen LogP contribution in [-0.4, -0.2) is 25.3 Å². The molecule has 5 heteroatoms. The Morgan fingerprint density at radius 3 is 2.53 bits per heavy atom. The van der Waals surface area contributed by atoms with Crippen molar-refractivity contribution in [1.29, 1.82) is 0 Å². The Labute approximate surface area is 177 Å². The molecule has 0 saturated carbocycles. The van der Waals surface area contributed by atoms with E-state index in [4.69, 9.17) is 9.47 Å². The van der Waals surface area contributed by atoms with Crippen LogP contribution in [-0.2, 0) is 4.79 Å². The van der Waals surface area contributed by atoms with Crippen molar-refractivity contribution in [3.63, 3.8) is 0 Å². The van der Waals surface area contributed by atoms with E-state index in [0.717, 1.165) is 28.5 Å². The highest BCUT2D eigenvalue weighted by Gasteiger charge is 2.08. The standard InChI is InChI=1S/C25H28N2O3/c1-4-18(3)19-10-13-21(14-11-19)30-17-25(28)27-26-16-23-22-9-7-6-8-20(22)12-15-24(23)29-5-2/h6-16,18H,4-5,17H2,1-3H3,(H,27,28)/b26-16-. The lowest BCUT2D eigenvalue weighted by Gasteiger charge is -2.11. The topological polar surface area (TPSA) is 59.9 Å². The van der Waals surface area contributed by atoms with Crippen molar-refractivity contribution in [1.82, 2.24) is 5.43 Å². The lowest BCUT2D eigenvalue weighted by Crippen LogP contribution is -2.24. The molecule has 30 heavy (non-hydrogen) atoms. The smallest absolute Gasteiger partial charge is 0.277 e. The van der Waals surface area contributed by atoms with Gasteiger partial charge in [0.15, 0.2) is 6.61 Å². The van der Waals surface area contributed by atoms with Gasteiger partial charge in [-0.2, -0.15) is 5.10 Å². The van der Waals surface area contributed by atoms with Gasteiger partial charge in [0, 0.05) is 5.56 Å². The summed E-state index contributed by atoms with van der Waals surface area (Å²) in [6, 6.07) is 19.8. The van der Waals surface area contributed by atoms with Gasteiger partial charge in [-0.05, 0) is 53.8 Å². The molecular weight excluding hydrogens is 376 g/mol. The highest BCUT2D eigenvalue weighted by Crippen LogP contribution is 2.26. The first kappa shape index (κ1) is 21.4. The summed E-state index contributed by atoms with van der Waals surface area (Å²) < 4.78 is 11.3. The van der Waals surface area contributed by atoms with Crippen molar-refractivity contribution in [3.05, 3.63) is 71.8 Å². The number of carbonyl (C=O) groups excluding carboxylic acids is 1. The van der Waals surface area contributed by atoms with E-state index in [1.165, 1.54) is 5.56 Å². The lowest BCUT2D eigenvalue weighted by molar-refractivity contribution is -0.123. The fourth-order valence-electron chi connectivity index (χ4n) is 3.17. The zero-order valence-electron chi connectivity index (χ0n) is 17.7. The molecular formula is C25H28N2O3. The van der Waals surface area contributed by atoms with Gasteiger partial charge < -0.3 is 9.47 Å². The summed E-state index contributed by atoms with van der Waals surface area (Å²) in [5.74, 6) is 1.57. The molecule has 3 rings (SSSR count). The number of hydrogen-bond acceptors (Lipinski definition) is 4. The molecule has 1 N–H and O–H groups in total. The van der Waals surface area contributed by atoms with E-state index in [9.17, 15) is 4.79 Å². The Morgan fingerprint density at radius 2 is 1.80 bits per heavy atom. The normalized spacial score (nSPS) is 12.1. The number of hydrogen-bond donors (Lipinski definition) is 1. The second-order valence-electron chi connectivity index (χ2n) is 7.09. The molecule has 0 heterocycles. The molecule has 0 aliphatic carbocycles. The number of nitrogens with one attached hydrogen (secondary N) is 1. The number of fused-ring (bicyclic) bond motifs is 1. The lowest BCUT2D eigenvalue weighted by atomic mass is 9.99. The van der Waals surface area contributed by atoms with Gasteiger partial charge in [-0.1, -0.05) is 56.3 Å². The molecule has 1 atom stereocenters. The fraction of sp³-hybridized carbons (Fsp3) is 0.280. The van der Waals surface area contributed by atoms with E-state index in [1.807, 2.05) is 67.6 Å². The first-order valence-electron chi connectivity index (χ1n) is 10.3. The molecule has 0 fully saturated rings. The second-order valence-corrected chi connectivity index (χ2v) is 7.09. The minimum Gasteiger partial charge on any atom is -0.493 e. The molecule has 0 radical (unpaired) electrons. The average molecular weight is 405 g/mol. The summed E-state index contributed by atoms with van der Waals surface area (Å²) >= 11 is 0. The van der Waals surface area contributed by atoms with Crippen molar-refractivity contribution < 1.29 is 14.3 Å². The summed E-state index contributed by atoms with van der Waals surface area (Å²) in [6.45, 7) is 6.73. The summed E-state index contributed by atoms with van der Waals surface area (Å²) in [4.78, 5) is 12.1. The first-order valence-corrected chi connectivity index (χ1v) is 10.3. The van der Waals surface area contributed by atoms with Crippen molar-refractivity contribution in [2.24, 2.45) is 5.10 Å². The molecule has 156 valence electrons. The Hall–Kier alpha value is -3.34. The van der Waals surface area contributed by atoms with Crippen molar-refractivity contribution >= 4 is 22.9 Å². The molecule has 0 saturated heterocycles. The Morgan fingerprint density at radius 1 is 1.03 bits per heavy atom. The Balaban J connectivity index is 1.61. The molecule has 5 nitrogen and oxygen atoms in total. The highest BCUT2D eigenvalue weighted by atomic mass is 16.5. The molecule has 0 aliphatic rings. The van der Waals surface area contributed by atoms with Gasteiger partial charge in [0.25, 0.3) is 5.91 Å². The van der Waals surface area contributed by atoms with E-state index < -0.39 is 0 Å². The number of ether oxygens (including phenoxy) is 2. The molecule has 3 aromatic carbocycles. The molecule has 0 aromatic heterocycles. The van der Waals surface area contributed by atoms with Crippen LogP contribution in [0.4, 0.5) is 0 Å². The van der Waals surface area contributed by atoms with Crippen molar-refractivity contribution in [3.8, 4) is 11.5 Å². The molecule has 0 aliphatic heterocycles. The molecule has 1 amide bonds. The van der Waals surface area contributed by atoms with E-state index in [2.05, 4.69) is 24.4 Å². The summed E-state index contributed by atoms with van der Waals surface area (Å²) in [5.41, 5.74) is 4.62. The third kappa shape index (κ3) is 5.38. The van der Waals surface area contributed by atoms with Gasteiger partial charge in [0.05, 0.1) is 12.8 Å². The van der Waals surface area contributed by atoms with Gasteiger partial charge >= 0.3 is 0 Å². The minimum atomic E-state index is -0.324. The number of benzene rings is 3. The molecule has 0 spiro atoms. The summed E-state index contributed by atoms with van der Waals surface area (Å²) in [7, 11) is 0. The molecule has 1 unspecified atom stereocenters. The van der Waals surface area contributed by atoms with Gasteiger partial charge in [-0.15, -0.1) is 0 Å². The minimum absolute atomic E-state index is 0.103. The highest BCUT2D eigenvalue weighted by molar-refractivity contribution is 6.02. The van der Waals surface area contributed by atoms with Crippen LogP contribution >= 0.6 is 0 Å². The van der Waals surface area contributed by atoms with Crippen LogP contribution in [0, 0.1) is 0 Å². The van der Waals surface area contributed by atoms with Gasteiger partial charge in [0.2, 0.25) is 0 Å². The van der Waals surface area contributed by atoms with Crippen molar-refractivity contribution in [2.45, 2.75) is 33.1 Å². The number of rotatable bonds is 9. The third-order valence-corrected chi connectivity index (χ3v) is 5.04. The summed E-state index contributed by atoms with van der Waals surface area (Å²) in [6.07, 6.45) is 2.70. The van der Waals surface area contributed by atoms with Crippen LogP contribution in [0.2, 0.25) is 0 Å². The maximum absolute atomic E-state index is 12.1. The largest absolute Gasteiger partial charge is 0.493 e. The van der Waals surface area contributed by atoms with E-state index in [0.29, 0.717) is 18.3 Å². The number of carbonyl (C=O) groups is 1. The molecule has 0 bridgehead atoms. The number of nitrogens with zero attached hydrogens (tertiary/aromatic N) is 1. The van der Waals surface area contributed by atoms with Gasteiger partial charge in [-0.25, -0.2) is 5.43 Å². The predicted octanol–water partition coefficient (Wildman–Crippen LogP) is 5.28. The summed E-state index contributed by atoms with van der Waals surface area (Å²) in [5, 5.41) is 6.21. The van der Waals surface area contributed by atoms with Crippen LogP contribution in [0.5, 0.6) is 11.5 Å². The van der Waals surface area contributed by atoms with Crippen LogP contribution in [0.25, 0.3) is 10.8 Å². The van der Waals surface area contributed by atoms with E-state index in [-0.39, 0.29) is 12.5 Å². The maximum atomic E-state index is 12.1. The van der Waals surface area contributed by atoms with Gasteiger partial charge in [-0.3, -0.25) is 4.79 Å². The van der Waals surface area contributed by atoms with Gasteiger partial charge in [0.1, 0.15) is 11.5 Å². The predicted molar refractivity (Wildman–Crippen MR) is 121 cm³/mol. The third-order valence-electron chi connectivity index (χ3n) is 5.04. The fourth-order valence-corrected chi connectivity index (χ4v) is 3.17. The SMILES string of the molecule is CCOc1ccc2ccccc2c1/C=N\NC(=O)COc1ccc(C(C)CC)cc1. The van der Waals surface area contributed by atoms with Crippen LogP contribution in [0.15, 0.2) is 65.8 Å². The maximum Gasteiger partial charge on any atom is 0.277 e. The Bertz CT molecular complexity index is 1010. The van der Waals surface area contributed by atoms with E-state index in [1.54, 1.807) is 6.21 Å². The van der Waals surface area contributed by atoms with E-state index >= 15 is 0 Å². The zero-order chi connectivity index (χ0) is 21.3. The van der Waals surface area contributed by atoms with Crippen LogP contribution < -0.4 is 14.9 Å². The zero-order valence-corrected chi connectivity index (χ0v) is 17.7. The first-order chi connectivity index (χ1) is 14.6. The molecule has 3 aromatic rings. The van der Waals surface area contributed by atoms with Crippen LogP contribution in [0.3, 0.4) is 0 Å². The quantitative estimate of drug-likeness (QED) is 0.390. The number of hydrazone groups is 1. The number of amides is 1. The monoisotopic (exact) mass is 404 g/mol. The van der Waals surface area contributed by atoms with Crippen LogP contribution in [0.1, 0.15) is 44.2 Å². The van der Waals surface area contributed by atoms with Crippen molar-refractivity contribution in [2.75, 3.05) is 13.2 Å². The second kappa shape index (κ2) is 10.4. The average Bonchev–Trinajstić information content (AvgIpc) is 2.78. The Kier molecular flexibility index (Phi) is 7.44.